The highest BCUT2D eigenvalue weighted by molar-refractivity contribution is 5.79. The molecule has 0 aliphatic rings. The lowest BCUT2D eigenvalue weighted by Crippen LogP contribution is -1.85. The quantitative estimate of drug-likeness (QED) is 0.268. The number of carboxylic acids is 1. The first-order valence-corrected chi connectivity index (χ1v) is 7.98. The number of rotatable bonds is 13. The Morgan fingerprint density at radius 2 is 1.30 bits per heavy atom. The molecule has 0 saturated carbocycles. The molecule has 2 heteroatoms. The van der Waals surface area contributed by atoms with Crippen LogP contribution in [-0.2, 0) is 4.79 Å². The van der Waals surface area contributed by atoms with Crippen LogP contribution < -0.4 is 0 Å². The van der Waals surface area contributed by atoms with E-state index in [1.54, 1.807) is 6.08 Å². The van der Waals surface area contributed by atoms with Crippen LogP contribution in [0.5, 0.6) is 0 Å². The fraction of sp³-hybridized carbons (Fsp3) is 0.611. The summed E-state index contributed by atoms with van der Waals surface area (Å²) in [6.07, 6.45) is 23.6. The fourth-order valence-corrected chi connectivity index (χ4v) is 1.92. The number of hydrogen-bond donors (Lipinski definition) is 1. The van der Waals surface area contributed by atoms with Crippen LogP contribution in [0.2, 0.25) is 0 Å². The topological polar surface area (TPSA) is 37.3 Å². The lowest BCUT2D eigenvalue weighted by atomic mass is 10.1. The molecule has 0 rings (SSSR count). The van der Waals surface area contributed by atoms with Gasteiger partial charge in [0.15, 0.2) is 0 Å². The Hall–Kier alpha value is -1.31. The monoisotopic (exact) mass is 278 g/mol. The standard InChI is InChI=1S/C18H30O2/c1-2-3-4-5-6-7-8-9-10-11-12-13-14-15-16-17-18(19)20/h6-9,16-17H,2-5,10-15H2,1H3,(H,19,20). The van der Waals surface area contributed by atoms with Crippen LogP contribution in [0, 0.1) is 0 Å². The van der Waals surface area contributed by atoms with Gasteiger partial charge in [-0.25, -0.2) is 4.79 Å². The van der Waals surface area contributed by atoms with Crippen LogP contribution in [0.3, 0.4) is 0 Å². The summed E-state index contributed by atoms with van der Waals surface area (Å²) in [5, 5.41) is 8.42. The van der Waals surface area contributed by atoms with E-state index in [1.807, 2.05) is 0 Å². The second-order valence-electron chi connectivity index (χ2n) is 5.08. The number of carboxylic acid groups (broad SMARTS) is 1. The van der Waals surface area contributed by atoms with Gasteiger partial charge in [0.25, 0.3) is 0 Å². The summed E-state index contributed by atoms with van der Waals surface area (Å²) >= 11 is 0. The third kappa shape index (κ3) is 16.7. The molecule has 0 atom stereocenters. The van der Waals surface area contributed by atoms with Gasteiger partial charge in [0, 0.05) is 6.08 Å². The largest absolute Gasteiger partial charge is 0.478 e. The van der Waals surface area contributed by atoms with E-state index in [1.165, 1.54) is 51.0 Å². The van der Waals surface area contributed by atoms with E-state index in [-0.39, 0.29) is 0 Å². The van der Waals surface area contributed by atoms with E-state index in [0.717, 1.165) is 19.3 Å². The SMILES string of the molecule is CCCCCC=CC=CCCCCCCC=CC(=O)O. The first-order valence-electron chi connectivity index (χ1n) is 7.98. The van der Waals surface area contributed by atoms with Crippen molar-refractivity contribution >= 4 is 5.97 Å². The highest BCUT2D eigenvalue weighted by atomic mass is 16.4. The predicted octanol–water partition coefficient (Wildman–Crippen LogP) is 5.66. The average molecular weight is 278 g/mol. The normalized spacial score (nSPS) is 12.1. The molecular weight excluding hydrogens is 248 g/mol. The zero-order valence-corrected chi connectivity index (χ0v) is 12.9. The lowest BCUT2D eigenvalue weighted by molar-refractivity contribution is -0.131. The molecule has 0 aromatic heterocycles. The molecule has 2 nitrogen and oxygen atoms in total. The van der Waals surface area contributed by atoms with Gasteiger partial charge in [-0.05, 0) is 38.5 Å². The van der Waals surface area contributed by atoms with Gasteiger partial charge in [-0.3, -0.25) is 0 Å². The van der Waals surface area contributed by atoms with Crippen LogP contribution >= 0.6 is 0 Å². The Labute approximate surface area is 124 Å². The van der Waals surface area contributed by atoms with Gasteiger partial charge in [0.2, 0.25) is 0 Å². The van der Waals surface area contributed by atoms with E-state index in [2.05, 4.69) is 31.2 Å². The highest BCUT2D eigenvalue weighted by Gasteiger charge is 1.89. The maximum absolute atomic E-state index is 10.2. The van der Waals surface area contributed by atoms with Crippen molar-refractivity contribution in [3.63, 3.8) is 0 Å². The van der Waals surface area contributed by atoms with Crippen molar-refractivity contribution in [2.24, 2.45) is 0 Å². The summed E-state index contributed by atoms with van der Waals surface area (Å²) in [7, 11) is 0. The lowest BCUT2D eigenvalue weighted by Gasteiger charge is -1.96. The molecule has 20 heavy (non-hydrogen) atoms. The number of hydrogen-bond acceptors (Lipinski definition) is 1. The van der Waals surface area contributed by atoms with Crippen molar-refractivity contribution in [3.05, 3.63) is 36.5 Å². The summed E-state index contributed by atoms with van der Waals surface area (Å²) in [5.74, 6) is -0.849. The first-order chi connectivity index (χ1) is 9.77. The molecular formula is C18H30O2. The summed E-state index contributed by atoms with van der Waals surface area (Å²) in [6, 6.07) is 0. The van der Waals surface area contributed by atoms with Crippen LogP contribution in [0.1, 0.15) is 71.1 Å². The molecule has 1 N–H and O–H groups in total. The number of aliphatic carboxylic acids is 1. The van der Waals surface area contributed by atoms with Gasteiger partial charge in [-0.15, -0.1) is 0 Å². The summed E-state index contributed by atoms with van der Waals surface area (Å²) in [5.41, 5.74) is 0. The highest BCUT2D eigenvalue weighted by Crippen LogP contribution is 2.06. The van der Waals surface area contributed by atoms with Gasteiger partial charge >= 0.3 is 5.97 Å². The first kappa shape index (κ1) is 18.7. The minimum atomic E-state index is -0.849. The molecule has 0 saturated heterocycles. The number of unbranched alkanes of at least 4 members (excludes halogenated alkanes) is 8. The average Bonchev–Trinajstić information content (AvgIpc) is 2.43. The zero-order valence-electron chi connectivity index (χ0n) is 12.9. The summed E-state index contributed by atoms with van der Waals surface area (Å²) in [4.78, 5) is 10.2. The van der Waals surface area contributed by atoms with E-state index >= 15 is 0 Å². The van der Waals surface area contributed by atoms with Crippen LogP contribution in [0.15, 0.2) is 36.5 Å². The second-order valence-corrected chi connectivity index (χ2v) is 5.08. The maximum atomic E-state index is 10.2. The Morgan fingerprint density at radius 3 is 1.80 bits per heavy atom. The van der Waals surface area contributed by atoms with Gasteiger partial charge < -0.3 is 5.11 Å². The zero-order chi connectivity index (χ0) is 14.9. The van der Waals surface area contributed by atoms with Crippen LogP contribution in [0.25, 0.3) is 0 Å². The molecule has 0 aromatic carbocycles. The van der Waals surface area contributed by atoms with Crippen molar-refractivity contribution in [1.29, 1.82) is 0 Å². The van der Waals surface area contributed by atoms with Crippen LogP contribution in [-0.4, -0.2) is 11.1 Å². The van der Waals surface area contributed by atoms with Gasteiger partial charge in [-0.1, -0.05) is 63.0 Å². The van der Waals surface area contributed by atoms with Crippen molar-refractivity contribution in [2.45, 2.75) is 71.1 Å². The van der Waals surface area contributed by atoms with Gasteiger partial charge in [0.1, 0.15) is 0 Å². The van der Waals surface area contributed by atoms with Gasteiger partial charge in [0.05, 0.1) is 0 Å². The predicted molar refractivity (Wildman–Crippen MR) is 86.9 cm³/mol. The molecule has 114 valence electrons. The van der Waals surface area contributed by atoms with E-state index in [4.69, 9.17) is 5.11 Å². The molecule has 0 heterocycles. The van der Waals surface area contributed by atoms with Gasteiger partial charge in [-0.2, -0.15) is 0 Å². The van der Waals surface area contributed by atoms with E-state index in [0.29, 0.717) is 0 Å². The molecule has 0 unspecified atom stereocenters. The van der Waals surface area contributed by atoms with Crippen molar-refractivity contribution in [3.8, 4) is 0 Å². The van der Waals surface area contributed by atoms with Crippen LogP contribution in [0.4, 0.5) is 0 Å². The molecule has 0 bridgehead atoms. The molecule has 0 spiro atoms. The number of carbonyl (C=O) groups is 1. The molecule has 0 fully saturated rings. The molecule has 0 aliphatic carbocycles. The van der Waals surface area contributed by atoms with Crippen molar-refractivity contribution in [2.75, 3.05) is 0 Å². The molecule has 0 radical (unpaired) electrons. The third-order valence-corrected chi connectivity index (χ3v) is 3.11. The Kier molecular flexibility index (Phi) is 14.7. The van der Waals surface area contributed by atoms with E-state index < -0.39 is 5.97 Å². The maximum Gasteiger partial charge on any atom is 0.327 e. The van der Waals surface area contributed by atoms with Crippen molar-refractivity contribution in [1.82, 2.24) is 0 Å². The summed E-state index contributed by atoms with van der Waals surface area (Å²) in [6.45, 7) is 2.23. The van der Waals surface area contributed by atoms with E-state index in [9.17, 15) is 4.79 Å². The number of allylic oxidation sites excluding steroid dienone is 5. The summed E-state index contributed by atoms with van der Waals surface area (Å²) < 4.78 is 0. The minimum absolute atomic E-state index is 0.849. The molecule has 0 amide bonds. The smallest absolute Gasteiger partial charge is 0.327 e. The third-order valence-electron chi connectivity index (χ3n) is 3.11. The molecule has 0 aromatic rings. The minimum Gasteiger partial charge on any atom is -0.478 e. The Bertz CT molecular complexity index is 301. The second kappa shape index (κ2) is 15.7. The fourth-order valence-electron chi connectivity index (χ4n) is 1.92. The Morgan fingerprint density at radius 1 is 0.800 bits per heavy atom. The Balaban J connectivity index is 3.25. The molecule has 0 aliphatic heterocycles. The van der Waals surface area contributed by atoms with Crippen molar-refractivity contribution < 1.29 is 9.90 Å².